The molecular weight excluding hydrogens is 314 g/mol. The maximum absolute atomic E-state index is 12.2. The van der Waals surface area contributed by atoms with Crippen LogP contribution in [0.1, 0.15) is 20.8 Å². The Labute approximate surface area is 148 Å². The fraction of sp³-hybridized carbons (Fsp3) is 0.300. The molecule has 1 aromatic rings. The van der Waals surface area contributed by atoms with Crippen molar-refractivity contribution in [3.05, 3.63) is 53.4 Å². The van der Waals surface area contributed by atoms with Crippen molar-refractivity contribution in [2.75, 3.05) is 19.7 Å². The lowest BCUT2D eigenvalue weighted by Crippen LogP contribution is -2.27. The van der Waals surface area contributed by atoms with Crippen molar-refractivity contribution in [1.29, 1.82) is 0 Å². The van der Waals surface area contributed by atoms with Crippen LogP contribution in [-0.4, -0.2) is 49.0 Å². The van der Waals surface area contributed by atoms with E-state index in [0.717, 1.165) is 24.4 Å². The van der Waals surface area contributed by atoms with Crippen LogP contribution in [0.25, 0.3) is 0 Å². The largest absolute Gasteiger partial charge is 0.483 e. The van der Waals surface area contributed by atoms with Crippen LogP contribution in [0.15, 0.2) is 58.4 Å². The summed E-state index contributed by atoms with van der Waals surface area (Å²) in [6.45, 7) is 7.41. The van der Waals surface area contributed by atoms with Crippen molar-refractivity contribution >= 4 is 30.1 Å². The van der Waals surface area contributed by atoms with E-state index in [0.29, 0.717) is 18.1 Å². The summed E-state index contributed by atoms with van der Waals surface area (Å²) >= 11 is 0. The molecule has 0 unspecified atom stereocenters. The molecule has 1 heterocycles. The molecule has 0 spiro atoms. The van der Waals surface area contributed by atoms with E-state index in [4.69, 9.17) is 4.74 Å². The second-order valence-corrected chi connectivity index (χ2v) is 5.49. The van der Waals surface area contributed by atoms with Crippen LogP contribution in [0.4, 0.5) is 5.69 Å². The zero-order chi connectivity index (χ0) is 18.1. The Morgan fingerprint density at radius 1 is 1.24 bits per heavy atom. The Hall–Kier alpha value is -2.91. The Balaban J connectivity index is 2.33. The summed E-state index contributed by atoms with van der Waals surface area (Å²) in [6, 6.07) is 9.63. The predicted molar refractivity (Wildman–Crippen MR) is 104 cm³/mol. The summed E-state index contributed by atoms with van der Waals surface area (Å²) in [7, 11) is 0. The van der Waals surface area contributed by atoms with E-state index >= 15 is 0 Å². The third kappa shape index (κ3) is 5.30. The molecule has 130 valence electrons. The van der Waals surface area contributed by atoms with Crippen molar-refractivity contribution < 1.29 is 9.53 Å². The molecule has 0 atom stereocenters. The van der Waals surface area contributed by atoms with E-state index in [-0.39, 0.29) is 5.78 Å². The van der Waals surface area contributed by atoms with Gasteiger partial charge in [0.2, 0.25) is 0 Å². The molecular formula is C20H24N3O2+. The first kappa shape index (κ1) is 18.4. The molecule has 0 radical (unpaired) electrons. The molecule has 5 heteroatoms. The van der Waals surface area contributed by atoms with E-state index < -0.39 is 0 Å². The Morgan fingerprint density at radius 2 is 1.96 bits per heavy atom. The number of hydrogen-bond donors (Lipinski definition) is 0. The molecule has 0 saturated heterocycles. The number of carbonyl (C=O) groups is 1. The normalized spacial score (nSPS) is 13.8. The van der Waals surface area contributed by atoms with Gasteiger partial charge in [-0.2, -0.15) is 0 Å². The number of Topliss-reactive ketones (excluding diaryl/α,β-unsaturated/α-hetero) is 1. The first-order valence-electron chi connectivity index (χ1n) is 8.43. The number of hydrogen-bond acceptors (Lipinski definition) is 4. The molecule has 0 saturated carbocycles. The van der Waals surface area contributed by atoms with Crippen molar-refractivity contribution in [2.45, 2.75) is 20.8 Å². The van der Waals surface area contributed by atoms with Gasteiger partial charge in [-0.3, -0.25) is 9.79 Å². The van der Waals surface area contributed by atoms with Gasteiger partial charge in [-0.25, -0.2) is 0 Å². The molecule has 1 aliphatic heterocycles. The fourth-order valence-electron chi connectivity index (χ4n) is 2.42. The minimum atomic E-state index is -0.124. The second-order valence-electron chi connectivity index (χ2n) is 5.49. The van der Waals surface area contributed by atoms with Gasteiger partial charge in [-0.05, 0) is 26.0 Å². The van der Waals surface area contributed by atoms with Gasteiger partial charge >= 0.3 is 0 Å². The summed E-state index contributed by atoms with van der Waals surface area (Å²) in [5.74, 6) is 0.200. The van der Waals surface area contributed by atoms with E-state index in [9.17, 15) is 4.79 Å². The van der Waals surface area contributed by atoms with E-state index in [2.05, 4.69) is 14.6 Å². The summed E-state index contributed by atoms with van der Waals surface area (Å²) in [5.41, 5.74) is 2.45. The first-order chi connectivity index (χ1) is 12.2. The molecule has 1 aromatic carbocycles. The number of aliphatic imine (C=N–C) groups is 1. The van der Waals surface area contributed by atoms with Crippen LogP contribution < -0.4 is 4.67 Å². The standard InChI is InChI=1S/C20H24N3O2/c1-4-23(5-2)19(14-22-18-9-7-6-8-10-18)20(16(3)24)25-15-17-11-12-21-13-17/h6-14H,4-5,15H2,1-3H3/q+1/b20-19-,22-14?. The van der Waals surface area contributed by atoms with E-state index in [1.807, 2.05) is 50.3 Å². The maximum Gasteiger partial charge on any atom is 0.299 e. The third-order valence-electron chi connectivity index (χ3n) is 3.75. The van der Waals surface area contributed by atoms with Gasteiger partial charge in [-0.15, -0.1) is 4.67 Å². The van der Waals surface area contributed by atoms with Gasteiger partial charge in [0.25, 0.3) is 12.4 Å². The topological polar surface area (TPSA) is 56.0 Å². The van der Waals surface area contributed by atoms with Crippen LogP contribution in [0.5, 0.6) is 0 Å². The van der Waals surface area contributed by atoms with Crippen LogP contribution in [0, 0.1) is 0 Å². The molecule has 0 fully saturated rings. The van der Waals surface area contributed by atoms with Crippen molar-refractivity contribution in [3.8, 4) is 0 Å². The average molecular weight is 338 g/mol. The smallest absolute Gasteiger partial charge is 0.299 e. The monoisotopic (exact) mass is 338 g/mol. The van der Waals surface area contributed by atoms with Crippen LogP contribution in [0.3, 0.4) is 0 Å². The fourth-order valence-corrected chi connectivity index (χ4v) is 2.42. The molecule has 0 bridgehead atoms. The quantitative estimate of drug-likeness (QED) is 0.301. The summed E-state index contributed by atoms with van der Waals surface area (Å²) in [4.78, 5) is 18.8. The lowest BCUT2D eigenvalue weighted by molar-refractivity contribution is -0.116. The molecule has 0 N–H and O–H groups in total. The lowest BCUT2D eigenvalue weighted by atomic mass is 10.2. The van der Waals surface area contributed by atoms with Gasteiger partial charge < -0.3 is 9.64 Å². The van der Waals surface area contributed by atoms with Crippen LogP contribution in [0.2, 0.25) is 0 Å². The van der Waals surface area contributed by atoms with E-state index in [1.165, 1.54) is 6.92 Å². The number of carbonyl (C=O) groups excluding carboxylic acids is 1. The molecule has 2 rings (SSSR count). The van der Waals surface area contributed by atoms with Crippen molar-refractivity contribution in [1.82, 2.24) is 9.57 Å². The zero-order valence-electron chi connectivity index (χ0n) is 15.0. The molecule has 5 nitrogen and oxygen atoms in total. The Bertz CT molecular complexity index is 750. The van der Waals surface area contributed by atoms with Gasteiger partial charge in [0.1, 0.15) is 12.3 Å². The molecule has 0 amide bonds. The Kier molecular flexibility index (Phi) is 6.93. The molecule has 0 aliphatic carbocycles. The maximum atomic E-state index is 12.2. The van der Waals surface area contributed by atoms with Gasteiger partial charge in [0, 0.05) is 26.1 Å². The van der Waals surface area contributed by atoms with Gasteiger partial charge in [0.15, 0.2) is 11.5 Å². The summed E-state index contributed by atoms with van der Waals surface area (Å²) in [6.07, 6.45) is 7.01. The first-order valence-corrected chi connectivity index (χ1v) is 8.43. The van der Waals surface area contributed by atoms with Crippen LogP contribution in [-0.2, 0) is 9.53 Å². The van der Waals surface area contributed by atoms with Gasteiger partial charge in [-0.1, -0.05) is 18.2 Å². The highest BCUT2D eigenvalue weighted by Gasteiger charge is 2.18. The summed E-state index contributed by atoms with van der Waals surface area (Å²) in [5, 5.41) is 0. The van der Waals surface area contributed by atoms with Gasteiger partial charge in [0.05, 0.1) is 17.5 Å². The molecule has 25 heavy (non-hydrogen) atoms. The third-order valence-corrected chi connectivity index (χ3v) is 3.75. The Morgan fingerprint density at radius 3 is 2.52 bits per heavy atom. The van der Waals surface area contributed by atoms with Crippen LogP contribution >= 0.6 is 0 Å². The summed E-state index contributed by atoms with van der Waals surface area (Å²) < 4.78 is 9.86. The lowest BCUT2D eigenvalue weighted by Gasteiger charge is -2.24. The number of allylic oxidation sites excluding steroid dienone is 3. The highest BCUT2D eigenvalue weighted by Crippen LogP contribution is 2.16. The van der Waals surface area contributed by atoms with Crippen molar-refractivity contribution in [2.24, 2.45) is 4.99 Å². The highest BCUT2D eigenvalue weighted by atomic mass is 16.5. The number of ketones is 1. The number of ether oxygens (including phenoxy) is 1. The predicted octanol–water partition coefficient (Wildman–Crippen LogP) is 2.70. The number of benzene rings is 1. The average Bonchev–Trinajstić information content (AvgIpc) is 3.14. The highest BCUT2D eigenvalue weighted by molar-refractivity contribution is 5.98. The number of para-hydroxylation sites is 1. The number of nitrogens with zero attached hydrogens (tertiary/aromatic N) is 3. The second kappa shape index (κ2) is 9.40. The zero-order valence-corrected chi connectivity index (χ0v) is 15.0. The van der Waals surface area contributed by atoms with E-state index in [1.54, 1.807) is 18.6 Å². The minimum Gasteiger partial charge on any atom is -0.483 e. The van der Waals surface area contributed by atoms with Crippen molar-refractivity contribution in [3.63, 3.8) is 0 Å². The minimum absolute atomic E-state index is 0.124. The number of rotatable bonds is 9. The molecule has 0 aromatic heterocycles. The molecule has 1 aliphatic rings. The SMILES string of the molecule is CCN(CC)/C(C=Nc1ccccc1)=C(\OCC1=CC=[N+]=C1)C(C)=O.